The Bertz CT molecular complexity index is 745. The van der Waals surface area contributed by atoms with Gasteiger partial charge in [0, 0.05) is 32.2 Å². The van der Waals surface area contributed by atoms with Crippen LogP contribution < -0.4 is 11.1 Å². The zero-order chi connectivity index (χ0) is 14.7. The average molecular weight is 280 g/mol. The lowest BCUT2D eigenvalue weighted by molar-refractivity contribution is 0.659. The summed E-state index contributed by atoms with van der Waals surface area (Å²) in [6, 6.07) is 16.2. The van der Waals surface area contributed by atoms with Gasteiger partial charge in [0.15, 0.2) is 0 Å². The molecule has 2 aromatic carbocycles. The number of imidazole rings is 1. The second-order valence-corrected chi connectivity index (χ2v) is 5.20. The lowest BCUT2D eigenvalue weighted by atomic mass is 10.2. The van der Waals surface area contributed by atoms with Crippen molar-refractivity contribution >= 4 is 16.7 Å². The Hall–Kier alpha value is -2.33. The summed E-state index contributed by atoms with van der Waals surface area (Å²) in [5, 5.41) is 3.43. The zero-order valence-corrected chi connectivity index (χ0v) is 12.2. The molecular weight excluding hydrogens is 260 g/mol. The van der Waals surface area contributed by atoms with Crippen LogP contribution in [0.4, 0.5) is 5.69 Å². The Morgan fingerprint density at radius 3 is 2.67 bits per heavy atom. The van der Waals surface area contributed by atoms with Gasteiger partial charge in [0.2, 0.25) is 0 Å². The van der Waals surface area contributed by atoms with E-state index in [-0.39, 0.29) is 0 Å². The minimum Gasteiger partial charge on any atom is -0.398 e. The SMILES string of the molecule is Cn1c(CCNCc2ccccc2N)nc2ccccc21. The van der Waals surface area contributed by atoms with Crippen LogP contribution in [0, 0.1) is 0 Å². The van der Waals surface area contributed by atoms with Crippen LogP contribution in [0.15, 0.2) is 48.5 Å². The minimum absolute atomic E-state index is 0.788. The quantitative estimate of drug-likeness (QED) is 0.557. The maximum atomic E-state index is 5.93. The molecule has 0 atom stereocenters. The van der Waals surface area contributed by atoms with Gasteiger partial charge in [0.1, 0.15) is 5.82 Å². The summed E-state index contributed by atoms with van der Waals surface area (Å²) in [4.78, 5) is 4.67. The number of nitrogens with zero attached hydrogens (tertiary/aromatic N) is 2. The largest absolute Gasteiger partial charge is 0.398 e. The van der Waals surface area contributed by atoms with Crippen LogP contribution in [0.1, 0.15) is 11.4 Å². The summed E-state index contributed by atoms with van der Waals surface area (Å²) in [7, 11) is 2.07. The van der Waals surface area contributed by atoms with Crippen LogP contribution in [-0.4, -0.2) is 16.1 Å². The molecule has 0 spiro atoms. The van der Waals surface area contributed by atoms with Gasteiger partial charge in [-0.05, 0) is 23.8 Å². The molecule has 0 saturated carbocycles. The van der Waals surface area contributed by atoms with E-state index in [0.717, 1.165) is 42.1 Å². The first kappa shape index (κ1) is 13.6. The highest BCUT2D eigenvalue weighted by Crippen LogP contribution is 2.14. The maximum absolute atomic E-state index is 5.93. The molecule has 0 aliphatic rings. The summed E-state index contributed by atoms with van der Waals surface area (Å²) in [5.41, 5.74) is 10.2. The van der Waals surface area contributed by atoms with Crippen molar-refractivity contribution in [1.29, 1.82) is 0 Å². The van der Waals surface area contributed by atoms with Crippen molar-refractivity contribution in [3.8, 4) is 0 Å². The topological polar surface area (TPSA) is 55.9 Å². The molecule has 0 radical (unpaired) electrons. The molecule has 0 unspecified atom stereocenters. The molecule has 108 valence electrons. The van der Waals surface area contributed by atoms with Crippen molar-refractivity contribution in [1.82, 2.24) is 14.9 Å². The molecule has 0 bridgehead atoms. The monoisotopic (exact) mass is 280 g/mol. The highest BCUT2D eigenvalue weighted by Gasteiger charge is 2.06. The van der Waals surface area contributed by atoms with Crippen molar-refractivity contribution in [2.24, 2.45) is 7.05 Å². The molecule has 3 N–H and O–H groups in total. The number of nitrogens with two attached hydrogens (primary N) is 1. The lowest BCUT2D eigenvalue weighted by Gasteiger charge is -2.07. The summed E-state index contributed by atoms with van der Waals surface area (Å²) >= 11 is 0. The molecule has 3 rings (SSSR count). The molecule has 0 aliphatic heterocycles. The Labute approximate surface area is 124 Å². The normalized spacial score (nSPS) is 11.1. The second-order valence-electron chi connectivity index (χ2n) is 5.20. The molecule has 0 saturated heterocycles. The molecule has 0 fully saturated rings. The number of hydrogen-bond donors (Lipinski definition) is 2. The zero-order valence-electron chi connectivity index (χ0n) is 12.2. The summed E-state index contributed by atoms with van der Waals surface area (Å²) in [6.45, 7) is 1.67. The van der Waals surface area contributed by atoms with Gasteiger partial charge >= 0.3 is 0 Å². The molecule has 0 amide bonds. The third-order valence-corrected chi connectivity index (χ3v) is 3.78. The van der Waals surface area contributed by atoms with Crippen molar-refractivity contribution < 1.29 is 0 Å². The molecule has 3 aromatic rings. The van der Waals surface area contributed by atoms with Gasteiger partial charge in [-0.15, -0.1) is 0 Å². The van der Waals surface area contributed by atoms with Gasteiger partial charge in [-0.2, -0.15) is 0 Å². The highest BCUT2D eigenvalue weighted by atomic mass is 15.1. The molecule has 4 nitrogen and oxygen atoms in total. The summed E-state index contributed by atoms with van der Waals surface area (Å²) in [5.74, 6) is 1.10. The van der Waals surface area contributed by atoms with Gasteiger partial charge in [-0.1, -0.05) is 30.3 Å². The number of nitrogens with one attached hydrogen (secondary N) is 1. The third-order valence-electron chi connectivity index (χ3n) is 3.78. The van der Waals surface area contributed by atoms with E-state index in [1.165, 1.54) is 5.52 Å². The van der Waals surface area contributed by atoms with E-state index in [1.54, 1.807) is 0 Å². The molecular formula is C17H20N4. The number of rotatable bonds is 5. The standard InChI is InChI=1S/C17H20N4/c1-21-16-9-5-4-8-15(16)20-17(21)10-11-19-12-13-6-2-3-7-14(13)18/h2-9,19H,10-12,18H2,1H3. The van der Waals surface area contributed by atoms with Crippen LogP contribution in [0.25, 0.3) is 11.0 Å². The van der Waals surface area contributed by atoms with Crippen molar-refractivity contribution in [2.75, 3.05) is 12.3 Å². The molecule has 0 aliphatic carbocycles. The van der Waals surface area contributed by atoms with E-state index >= 15 is 0 Å². The fraction of sp³-hybridized carbons (Fsp3) is 0.235. The smallest absolute Gasteiger partial charge is 0.110 e. The predicted octanol–water partition coefficient (Wildman–Crippen LogP) is 2.49. The van der Waals surface area contributed by atoms with E-state index in [0.29, 0.717) is 0 Å². The second kappa shape index (κ2) is 5.97. The fourth-order valence-corrected chi connectivity index (χ4v) is 2.54. The number of anilines is 1. The first-order valence-electron chi connectivity index (χ1n) is 7.20. The Morgan fingerprint density at radius 1 is 1.10 bits per heavy atom. The Morgan fingerprint density at radius 2 is 1.86 bits per heavy atom. The van der Waals surface area contributed by atoms with E-state index in [2.05, 4.69) is 40.1 Å². The highest BCUT2D eigenvalue weighted by molar-refractivity contribution is 5.75. The van der Waals surface area contributed by atoms with Gasteiger partial charge in [0.05, 0.1) is 11.0 Å². The minimum atomic E-state index is 0.788. The van der Waals surface area contributed by atoms with Crippen LogP contribution in [-0.2, 0) is 20.0 Å². The Balaban J connectivity index is 1.60. The van der Waals surface area contributed by atoms with E-state index in [1.807, 2.05) is 30.3 Å². The number of aromatic nitrogens is 2. The van der Waals surface area contributed by atoms with Gasteiger partial charge in [0.25, 0.3) is 0 Å². The lowest BCUT2D eigenvalue weighted by Crippen LogP contribution is -2.18. The van der Waals surface area contributed by atoms with Gasteiger partial charge in [-0.25, -0.2) is 4.98 Å². The van der Waals surface area contributed by atoms with Crippen molar-refractivity contribution in [3.05, 3.63) is 59.9 Å². The molecule has 1 heterocycles. The van der Waals surface area contributed by atoms with E-state index in [4.69, 9.17) is 5.73 Å². The Kier molecular flexibility index (Phi) is 3.88. The molecule has 4 heteroatoms. The van der Waals surface area contributed by atoms with Gasteiger partial charge in [-0.3, -0.25) is 0 Å². The molecule has 21 heavy (non-hydrogen) atoms. The average Bonchev–Trinajstić information content (AvgIpc) is 2.82. The van der Waals surface area contributed by atoms with Crippen LogP contribution in [0.2, 0.25) is 0 Å². The van der Waals surface area contributed by atoms with E-state index < -0.39 is 0 Å². The number of benzene rings is 2. The number of para-hydroxylation sites is 3. The number of aryl methyl sites for hydroxylation is 1. The summed E-state index contributed by atoms with van der Waals surface area (Å²) in [6.07, 6.45) is 0.901. The third kappa shape index (κ3) is 2.90. The fourth-order valence-electron chi connectivity index (χ4n) is 2.54. The van der Waals surface area contributed by atoms with Crippen molar-refractivity contribution in [3.63, 3.8) is 0 Å². The van der Waals surface area contributed by atoms with Gasteiger partial charge < -0.3 is 15.6 Å². The van der Waals surface area contributed by atoms with Crippen LogP contribution >= 0.6 is 0 Å². The first-order chi connectivity index (χ1) is 10.3. The molecule has 1 aromatic heterocycles. The number of fused-ring (bicyclic) bond motifs is 1. The summed E-state index contributed by atoms with van der Waals surface area (Å²) < 4.78 is 2.16. The number of nitrogen functional groups attached to an aromatic ring is 1. The maximum Gasteiger partial charge on any atom is 0.110 e. The van der Waals surface area contributed by atoms with Crippen molar-refractivity contribution in [2.45, 2.75) is 13.0 Å². The van der Waals surface area contributed by atoms with E-state index in [9.17, 15) is 0 Å². The number of hydrogen-bond acceptors (Lipinski definition) is 3. The van der Waals surface area contributed by atoms with Crippen LogP contribution in [0.3, 0.4) is 0 Å². The first-order valence-corrected chi connectivity index (χ1v) is 7.20. The predicted molar refractivity (Wildman–Crippen MR) is 87.0 cm³/mol. The van der Waals surface area contributed by atoms with Crippen LogP contribution in [0.5, 0.6) is 0 Å².